The Morgan fingerprint density at radius 2 is 2.14 bits per heavy atom. The minimum absolute atomic E-state index is 0.142. The van der Waals surface area contributed by atoms with Gasteiger partial charge in [0, 0.05) is 12.0 Å². The predicted molar refractivity (Wildman–Crippen MR) is 48.0 cm³/mol. The standard InChI is InChI=1S/C10H11F2NO/c1-10(13)4-5-14-7-3-2-6(11)9(12)8(7)10/h2-3H,4-5,13H2,1H3. The van der Waals surface area contributed by atoms with Crippen LogP contribution in [0.3, 0.4) is 0 Å². The molecular formula is C10H11F2NO. The Bertz CT molecular complexity index is 377. The number of benzene rings is 1. The molecule has 2 rings (SSSR count). The number of rotatable bonds is 0. The summed E-state index contributed by atoms with van der Waals surface area (Å²) >= 11 is 0. The number of fused-ring (bicyclic) bond motifs is 1. The number of halogens is 2. The summed E-state index contributed by atoms with van der Waals surface area (Å²) < 4.78 is 31.6. The minimum atomic E-state index is -0.896. The van der Waals surface area contributed by atoms with Crippen LogP contribution in [0.4, 0.5) is 8.78 Å². The summed E-state index contributed by atoms with van der Waals surface area (Å²) in [5.74, 6) is -1.43. The number of hydrogen-bond donors (Lipinski definition) is 1. The molecule has 0 spiro atoms. The van der Waals surface area contributed by atoms with Crippen LogP contribution in [0.2, 0.25) is 0 Å². The van der Waals surface area contributed by atoms with Crippen molar-refractivity contribution < 1.29 is 13.5 Å². The molecule has 1 aromatic carbocycles. The van der Waals surface area contributed by atoms with Gasteiger partial charge in [-0.05, 0) is 19.1 Å². The van der Waals surface area contributed by atoms with E-state index in [4.69, 9.17) is 10.5 Å². The van der Waals surface area contributed by atoms with Crippen LogP contribution in [-0.2, 0) is 5.54 Å². The van der Waals surface area contributed by atoms with Crippen LogP contribution in [-0.4, -0.2) is 6.61 Å². The van der Waals surface area contributed by atoms with E-state index in [1.165, 1.54) is 6.07 Å². The van der Waals surface area contributed by atoms with Gasteiger partial charge >= 0.3 is 0 Å². The van der Waals surface area contributed by atoms with Crippen molar-refractivity contribution in [3.8, 4) is 5.75 Å². The third-order valence-electron chi connectivity index (χ3n) is 2.51. The first-order chi connectivity index (χ1) is 6.52. The summed E-state index contributed by atoms with van der Waals surface area (Å²) in [6, 6.07) is 2.47. The van der Waals surface area contributed by atoms with Crippen LogP contribution in [0.5, 0.6) is 5.75 Å². The molecule has 0 aromatic heterocycles. The Kier molecular flexibility index (Phi) is 1.96. The van der Waals surface area contributed by atoms with E-state index >= 15 is 0 Å². The summed E-state index contributed by atoms with van der Waals surface area (Å²) in [7, 11) is 0. The Morgan fingerprint density at radius 1 is 1.43 bits per heavy atom. The lowest BCUT2D eigenvalue weighted by Gasteiger charge is -2.32. The van der Waals surface area contributed by atoms with Gasteiger partial charge in [-0.2, -0.15) is 0 Å². The van der Waals surface area contributed by atoms with E-state index in [0.29, 0.717) is 18.8 Å². The predicted octanol–water partition coefficient (Wildman–Crippen LogP) is 1.92. The largest absolute Gasteiger partial charge is 0.493 e. The van der Waals surface area contributed by atoms with Crippen LogP contribution >= 0.6 is 0 Å². The maximum atomic E-state index is 13.4. The fourth-order valence-electron chi connectivity index (χ4n) is 1.68. The highest BCUT2D eigenvalue weighted by Crippen LogP contribution is 2.37. The van der Waals surface area contributed by atoms with Gasteiger partial charge in [-0.1, -0.05) is 0 Å². The summed E-state index contributed by atoms with van der Waals surface area (Å²) in [6.45, 7) is 2.11. The quantitative estimate of drug-likeness (QED) is 0.692. The van der Waals surface area contributed by atoms with Gasteiger partial charge in [0.1, 0.15) is 5.75 Å². The summed E-state index contributed by atoms with van der Waals surface area (Å²) in [5, 5.41) is 0. The second-order valence-corrected chi connectivity index (χ2v) is 3.75. The molecule has 1 aromatic rings. The molecule has 1 aliphatic heterocycles. The zero-order chi connectivity index (χ0) is 10.3. The molecule has 4 heteroatoms. The monoisotopic (exact) mass is 199 g/mol. The summed E-state index contributed by atoms with van der Waals surface area (Å²) in [4.78, 5) is 0. The van der Waals surface area contributed by atoms with Gasteiger partial charge in [-0.15, -0.1) is 0 Å². The smallest absolute Gasteiger partial charge is 0.167 e. The molecule has 1 unspecified atom stereocenters. The normalized spacial score (nSPS) is 25.4. The van der Waals surface area contributed by atoms with Gasteiger partial charge in [0.05, 0.1) is 12.2 Å². The molecule has 0 amide bonds. The Morgan fingerprint density at radius 3 is 2.86 bits per heavy atom. The zero-order valence-corrected chi connectivity index (χ0v) is 7.81. The lowest BCUT2D eigenvalue weighted by Crippen LogP contribution is -2.39. The third-order valence-corrected chi connectivity index (χ3v) is 2.51. The van der Waals surface area contributed by atoms with Crippen molar-refractivity contribution in [2.24, 2.45) is 5.73 Å². The summed E-state index contributed by atoms with van der Waals surface area (Å²) in [6.07, 6.45) is 0.486. The summed E-state index contributed by atoms with van der Waals surface area (Å²) in [5.41, 5.74) is 5.17. The van der Waals surface area contributed by atoms with E-state index in [0.717, 1.165) is 6.07 Å². The van der Waals surface area contributed by atoms with Crippen molar-refractivity contribution in [2.75, 3.05) is 6.61 Å². The highest BCUT2D eigenvalue weighted by molar-refractivity contribution is 5.41. The second kappa shape index (κ2) is 2.92. The van der Waals surface area contributed by atoms with E-state index in [-0.39, 0.29) is 5.56 Å². The average Bonchev–Trinajstić information content (AvgIpc) is 2.10. The Balaban J connectivity index is 2.66. The van der Waals surface area contributed by atoms with Gasteiger partial charge in [-0.3, -0.25) is 0 Å². The zero-order valence-electron chi connectivity index (χ0n) is 7.81. The molecule has 1 heterocycles. The molecule has 0 saturated heterocycles. The molecule has 0 radical (unpaired) electrons. The van der Waals surface area contributed by atoms with E-state index < -0.39 is 17.2 Å². The number of nitrogens with two attached hydrogens (primary N) is 1. The van der Waals surface area contributed by atoms with E-state index in [1.54, 1.807) is 6.92 Å². The van der Waals surface area contributed by atoms with Crippen molar-refractivity contribution in [1.82, 2.24) is 0 Å². The Hall–Kier alpha value is -1.16. The maximum Gasteiger partial charge on any atom is 0.167 e. The van der Waals surface area contributed by atoms with Crippen molar-refractivity contribution in [1.29, 1.82) is 0 Å². The lowest BCUT2D eigenvalue weighted by atomic mass is 9.87. The molecular weight excluding hydrogens is 188 g/mol. The molecule has 2 N–H and O–H groups in total. The molecule has 2 nitrogen and oxygen atoms in total. The molecule has 1 aliphatic rings. The fraction of sp³-hybridized carbons (Fsp3) is 0.400. The van der Waals surface area contributed by atoms with Gasteiger partial charge < -0.3 is 10.5 Å². The van der Waals surface area contributed by atoms with Crippen molar-refractivity contribution >= 4 is 0 Å². The van der Waals surface area contributed by atoms with Crippen LogP contribution in [0.15, 0.2) is 12.1 Å². The van der Waals surface area contributed by atoms with E-state index in [9.17, 15) is 8.78 Å². The average molecular weight is 199 g/mol. The molecule has 0 fully saturated rings. The highest BCUT2D eigenvalue weighted by atomic mass is 19.2. The van der Waals surface area contributed by atoms with Gasteiger partial charge in [-0.25, -0.2) is 8.78 Å². The van der Waals surface area contributed by atoms with Gasteiger partial charge in [0.15, 0.2) is 11.6 Å². The fourth-order valence-corrected chi connectivity index (χ4v) is 1.68. The molecule has 0 aliphatic carbocycles. The van der Waals surface area contributed by atoms with Gasteiger partial charge in [0.25, 0.3) is 0 Å². The topological polar surface area (TPSA) is 35.2 Å². The molecule has 1 atom stereocenters. The SMILES string of the molecule is CC1(N)CCOc2ccc(F)c(F)c21. The van der Waals surface area contributed by atoms with Crippen LogP contribution in [0, 0.1) is 11.6 Å². The van der Waals surface area contributed by atoms with Crippen LogP contribution in [0.1, 0.15) is 18.9 Å². The number of hydrogen-bond acceptors (Lipinski definition) is 2. The van der Waals surface area contributed by atoms with E-state index in [1.807, 2.05) is 0 Å². The van der Waals surface area contributed by atoms with Crippen LogP contribution in [0.25, 0.3) is 0 Å². The first-order valence-corrected chi connectivity index (χ1v) is 4.42. The molecule has 0 saturated carbocycles. The molecule has 0 bridgehead atoms. The third kappa shape index (κ3) is 1.26. The van der Waals surface area contributed by atoms with Crippen molar-refractivity contribution in [3.05, 3.63) is 29.3 Å². The van der Waals surface area contributed by atoms with Gasteiger partial charge in [0.2, 0.25) is 0 Å². The van der Waals surface area contributed by atoms with E-state index in [2.05, 4.69) is 0 Å². The second-order valence-electron chi connectivity index (χ2n) is 3.75. The number of ether oxygens (including phenoxy) is 1. The highest BCUT2D eigenvalue weighted by Gasteiger charge is 2.33. The van der Waals surface area contributed by atoms with Crippen molar-refractivity contribution in [3.63, 3.8) is 0 Å². The molecule has 76 valence electrons. The minimum Gasteiger partial charge on any atom is -0.493 e. The first-order valence-electron chi connectivity index (χ1n) is 4.42. The van der Waals surface area contributed by atoms with Crippen LogP contribution < -0.4 is 10.5 Å². The van der Waals surface area contributed by atoms with Crippen molar-refractivity contribution in [2.45, 2.75) is 18.9 Å². The lowest BCUT2D eigenvalue weighted by molar-refractivity contribution is 0.219. The molecule has 14 heavy (non-hydrogen) atoms. The maximum absolute atomic E-state index is 13.4. The first kappa shape index (κ1) is 9.40. The Labute approximate surface area is 80.7 Å².